The molecule has 8 nitrogen and oxygen atoms in total. The second-order valence-electron chi connectivity index (χ2n) is 6.45. The van der Waals surface area contributed by atoms with Gasteiger partial charge in [-0.2, -0.15) is 5.10 Å². The number of carbonyl (C=O) groups is 1. The van der Waals surface area contributed by atoms with Crippen LogP contribution in [0.15, 0.2) is 29.3 Å². The summed E-state index contributed by atoms with van der Waals surface area (Å²) in [6.07, 6.45) is 0. The highest BCUT2D eigenvalue weighted by molar-refractivity contribution is 14.0. The minimum Gasteiger partial charge on any atom is -0.492 e. The van der Waals surface area contributed by atoms with Crippen LogP contribution in [-0.4, -0.2) is 41.3 Å². The SMILES string of the molecule is CCNC(=NCc1c(C)nn(C)c1C)NCCOc1cccc(NC(C)=O)c1.I. The number of carbonyl (C=O) groups excluding carboxylic acids is 1. The highest BCUT2D eigenvalue weighted by Gasteiger charge is 2.09. The van der Waals surface area contributed by atoms with E-state index in [1.54, 1.807) is 6.07 Å². The molecule has 0 aliphatic rings. The maximum atomic E-state index is 11.1. The van der Waals surface area contributed by atoms with Crippen LogP contribution in [0.1, 0.15) is 30.8 Å². The van der Waals surface area contributed by atoms with Gasteiger partial charge in [-0.05, 0) is 32.9 Å². The van der Waals surface area contributed by atoms with E-state index in [1.165, 1.54) is 6.92 Å². The van der Waals surface area contributed by atoms with Gasteiger partial charge < -0.3 is 20.7 Å². The van der Waals surface area contributed by atoms with Crippen LogP contribution in [0.25, 0.3) is 0 Å². The molecule has 1 aromatic heterocycles. The van der Waals surface area contributed by atoms with Crippen molar-refractivity contribution in [3.63, 3.8) is 0 Å². The Bertz CT molecular complexity index is 834. The first-order valence-electron chi connectivity index (χ1n) is 9.42. The number of anilines is 1. The van der Waals surface area contributed by atoms with Gasteiger partial charge in [0.25, 0.3) is 0 Å². The van der Waals surface area contributed by atoms with Gasteiger partial charge in [-0.1, -0.05) is 6.07 Å². The fourth-order valence-electron chi connectivity index (χ4n) is 2.75. The molecule has 0 saturated heterocycles. The molecule has 0 fully saturated rings. The molecule has 160 valence electrons. The van der Waals surface area contributed by atoms with E-state index in [9.17, 15) is 4.79 Å². The third-order valence-corrected chi connectivity index (χ3v) is 4.22. The molecule has 3 N–H and O–H groups in total. The van der Waals surface area contributed by atoms with Crippen molar-refractivity contribution in [1.82, 2.24) is 20.4 Å². The summed E-state index contributed by atoms with van der Waals surface area (Å²) in [6, 6.07) is 7.33. The number of amides is 1. The van der Waals surface area contributed by atoms with Gasteiger partial charge in [0.05, 0.1) is 18.8 Å². The quantitative estimate of drug-likeness (QED) is 0.218. The van der Waals surface area contributed by atoms with Crippen LogP contribution >= 0.6 is 24.0 Å². The second kappa shape index (κ2) is 12.3. The Morgan fingerprint density at radius 2 is 2.03 bits per heavy atom. The minimum absolute atomic E-state index is 0. The molecule has 0 aliphatic heterocycles. The van der Waals surface area contributed by atoms with E-state index in [0.29, 0.717) is 25.4 Å². The van der Waals surface area contributed by atoms with Crippen molar-refractivity contribution in [2.45, 2.75) is 34.2 Å². The van der Waals surface area contributed by atoms with Crippen molar-refractivity contribution in [3.05, 3.63) is 41.2 Å². The Balaban J connectivity index is 0.00000420. The Hall–Kier alpha value is -2.30. The molecule has 9 heteroatoms. The molecule has 0 saturated carbocycles. The summed E-state index contributed by atoms with van der Waals surface area (Å²) in [5, 5.41) is 13.7. The third kappa shape index (κ3) is 7.92. The lowest BCUT2D eigenvalue weighted by Crippen LogP contribution is -2.39. The number of hydrogen-bond acceptors (Lipinski definition) is 4. The molecule has 1 heterocycles. The van der Waals surface area contributed by atoms with E-state index in [0.717, 1.165) is 35.1 Å². The van der Waals surface area contributed by atoms with Gasteiger partial charge >= 0.3 is 0 Å². The number of ether oxygens (including phenoxy) is 1. The Labute approximate surface area is 189 Å². The molecule has 1 amide bonds. The van der Waals surface area contributed by atoms with Crippen molar-refractivity contribution in [3.8, 4) is 5.75 Å². The monoisotopic (exact) mass is 514 g/mol. The van der Waals surface area contributed by atoms with Gasteiger partial charge in [-0.15, -0.1) is 24.0 Å². The van der Waals surface area contributed by atoms with Gasteiger partial charge in [0, 0.05) is 43.5 Å². The predicted molar refractivity (Wildman–Crippen MR) is 127 cm³/mol. The van der Waals surface area contributed by atoms with Gasteiger partial charge in [-0.3, -0.25) is 9.48 Å². The van der Waals surface area contributed by atoms with E-state index < -0.39 is 0 Å². The average Bonchev–Trinajstić information content (AvgIpc) is 2.88. The number of rotatable bonds is 8. The highest BCUT2D eigenvalue weighted by atomic mass is 127. The maximum absolute atomic E-state index is 11.1. The molecule has 2 aromatic rings. The first-order chi connectivity index (χ1) is 13.4. The zero-order valence-electron chi connectivity index (χ0n) is 17.7. The Morgan fingerprint density at radius 1 is 1.28 bits per heavy atom. The molecule has 29 heavy (non-hydrogen) atoms. The van der Waals surface area contributed by atoms with Crippen LogP contribution < -0.4 is 20.7 Å². The molecular weight excluding hydrogens is 483 g/mol. The number of aromatic nitrogens is 2. The normalized spacial score (nSPS) is 10.9. The Kier molecular flexibility index (Phi) is 10.5. The van der Waals surface area contributed by atoms with Crippen LogP contribution in [0.3, 0.4) is 0 Å². The number of nitrogens with zero attached hydrogens (tertiary/aromatic N) is 3. The lowest BCUT2D eigenvalue weighted by Gasteiger charge is -2.13. The topological polar surface area (TPSA) is 92.6 Å². The van der Waals surface area contributed by atoms with E-state index in [1.807, 2.05) is 50.7 Å². The van der Waals surface area contributed by atoms with Crippen molar-refractivity contribution in [1.29, 1.82) is 0 Å². The molecule has 0 unspecified atom stereocenters. The maximum Gasteiger partial charge on any atom is 0.221 e. The smallest absolute Gasteiger partial charge is 0.221 e. The van der Waals surface area contributed by atoms with Crippen molar-refractivity contribution in [2.75, 3.05) is 25.0 Å². The number of hydrogen-bond donors (Lipinski definition) is 3. The molecule has 2 rings (SSSR count). The van der Waals surface area contributed by atoms with Crippen molar-refractivity contribution in [2.24, 2.45) is 12.0 Å². The summed E-state index contributed by atoms with van der Waals surface area (Å²) in [4.78, 5) is 15.8. The van der Waals surface area contributed by atoms with Crippen LogP contribution in [-0.2, 0) is 18.4 Å². The number of aryl methyl sites for hydroxylation is 2. The molecule has 0 aliphatic carbocycles. The zero-order chi connectivity index (χ0) is 20.5. The summed E-state index contributed by atoms with van der Waals surface area (Å²) in [6.45, 7) is 9.97. The number of halogens is 1. The molecule has 1 aromatic carbocycles. The molecule has 0 atom stereocenters. The number of guanidine groups is 1. The van der Waals surface area contributed by atoms with Crippen LogP contribution in [0.2, 0.25) is 0 Å². The fraction of sp³-hybridized carbons (Fsp3) is 0.450. The summed E-state index contributed by atoms with van der Waals surface area (Å²) in [5.41, 5.74) is 3.99. The molecule has 0 spiro atoms. The van der Waals surface area contributed by atoms with Crippen molar-refractivity contribution < 1.29 is 9.53 Å². The number of nitrogens with one attached hydrogen (secondary N) is 3. The molecular formula is C20H31IN6O2. The predicted octanol–water partition coefficient (Wildman–Crippen LogP) is 2.75. The highest BCUT2D eigenvalue weighted by Crippen LogP contribution is 2.17. The summed E-state index contributed by atoms with van der Waals surface area (Å²) >= 11 is 0. The standard InChI is InChI=1S/C20H30N6O2.HI/c1-6-21-20(23-13-19-14(2)25-26(5)15(19)3)22-10-11-28-18-9-7-8-17(12-18)24-16(4)27;/h7-9,12H,6,10-11,13H2,1-5H3,(H,24,27)(H2,21,22,23);1H. The largest absolute Gasteiger partial charge is 0.492 e. The third-order valence-electron chi connectivity index (χ3n) is 4.22. The fourth-order valence-corrected chi connectivity index (χ4v) is 2.75. The van der Waals surface area contributed by atoms with Crippen LogP contribution in [0.5, 0.6) is 5.75 Å². The molecule has 0 radical (unpaired) electrons. The van der Waals surface area contributed by atoms with Gasteiger partial charge in [0.1, 0.15) is 12.4 Å². The minimum atomic E-state index is -0.107. The number of aliphatic imine (C=N–C) groups is 1. The lowest BCUT2D eigenvalue weighted by molar-refractivity contribution is -0.114. The zero-order valence-corrected chi connectivity index (χ0v) is 20.0. The first-order valence-corrected chi connectivity index (χ1v) is 9.42. The van der Waals surface area contributed by atoms with Crippen LogP contribution in [0.4, 0.5) is 5.69 Å². The van der Waals surface area contributed by atoms with Crippen molar-refractivity contribution >= 4 is 41.5 Å². The average molecular weight is 514 g/mol. The van der Waals surface area contributed by atoms with E-state index in [2.05, 4.69) is 26.0 Å². The number of benzene rings is 1. The molecule has 0 bridgehead atoms. The first kappa shape index (κ1) is 24.7. The second-order valence-corrected chi connectivity index (χ2v) is 6.45. The summed E-state index contributed by atoms with van der Waals surface area (Å²) in [7, 11) is 1.94. The summed E-state index contributed by atoms with van der Waals surface area (Å²) < 4.78 is 7.63. The van der Waals surface area contributed by atoms with E-state index in [4.69, 9.17) is 4.74 Å². The van der Waals surface area contributed by atoms with E-state index >= 15 is 0 Å². The Morgan fingerprint density at radius 3 is 2.66 bits per heavy atom. The van der Waals surface area contributed by atoms with Crippen LogP contribution in [0, 0.1) is 13.8 Å². The lowest BCUT2D eigenvalue weighted by atomic mass is 10.2. The van der Waals surface area contributed by atoms with Gasteiger partial charge in [0.2, 0.25) is 5.91 Å². The van der Waals surface area contributed by atoms with Gasteiger partial charge in [0.15, 0.2) is 5.96 Å². The van der Waals surface area contributed by atoms with Gasteiger partial charge in [-0.25, -0.2) is 4.99 Å². The summed E-state index contributed by atoms with van der Waals surface area (Å²) in [5.74, 6) is 1.33. The van der Waals surface area contributed by atoms with E-state index in [-0.39, 0.29) is 29.9 Å².